The summed E-state index contributed by atoms with van der Waals surface area (Å²) in [5.74, 6) is 1.57. The molecule has 2 aromatic carbocycles. The number of fused-ring (bicyclic) bond motifs is 1. The maximum absolute atomic E-state index is 4.75. The van der Waals surface area contributed by atoms with Crippen LogP contribution in [0.2, 0.25) is 0 Å². The number of aryl methyl sites for hydroxylation is 1. The average Bonchev–Trinajstić information content (AvgIpc) is 2.72. The van der Waals surface area contributed by atoms with Crippen molar-refractivity contribution in [1.82, 2.24) is 15.0 Å². The molecule has 2 aromatic heterocycles. The lowest BCUT2D eigenvalue weighted by atomic mass is 10.1. The Bertz CT molecular complexity index is 985. The van der Waals surface area contributed by atoms with E-state index in [0.29, 0.717) is 5.82 Å². The molecule has 1 N–H and O–H groups in total. The lowest BCUT2D eigenvalue weighted by Crippen LogP contribution is -2.06. The van der Waals surface area contributed by atoms with E-state index < -0.39 is 0 Å². The van der Waals surface area contributed by atoms with Crippen molar-refractivity contribution in [1.29, 1.82) is 0 Å². The Morgan fingerprint density at radius 1 is 0.808 bits per heavy atom. The number of anilines is 1. The first-order chi connectivity index (χ1) is 12.9. The zero-order valence-electron chi connectivity index (χ0n) is 14.5. The minimum absolute atomic E-state index is 0.697. The van der Waals surface area contributed by atoms with Crippen LogP contribution >= 0.6 is 0 Å². The quantitative estimate of drug-likeness (QED) is 0.515. The Hall–Kier alpha value is -3.27. The number of para-hydroxylation sites is 1. The van der Waals surface area contributed by atoms with E-state index in [1.807, 2.05) is 30.3 Å². The zero-order valence-corrected chi connectivity index (χ0v) is 14.5. The summed E-state index contributed by atoms with van der Waals surface area (Å²) in [6, 6.07) is 22.5. The molecule has 26 heavy (non-hydrogen) atoms. The van der Waals surface area contributed by atoms with Gasteiger partial charge in [0.25, 0.3) is 0 Å². The number of benzene rings is 2. The van der Waals surface area contributed by atoms with Gasteiger partial charge in [-0.15, -0.1) is 0 Å². The van der Waals surface area contributed by atoms with Crippen LogP contribution in [0.4, 0.5) is 5.82 Å². The number of hydrogen-bond acceptors (Lipinski definition) is 4. The van der Waals surface area contributed by atoms with Crippen LogP contribution in [0, 0.1) is 0 Å². The minimum atomic E-state index is 0.697. The van der Waals surface area contributed by atoms with Gasteiger partial charge in [0, 0.05) is 29.9 Å². The Morgan fingerprint density at radius 2 is 1.65 bits per heavy atom. The second kappa shape index (κ2) is 7.74. The van der Waals surface area contributed by atoms with Crippen molar-refractivity contribution >= 4 is 16.7 Å². The molecule has 0 atom stereocenters. The van der Waals surface area contributed by atoms with Crippen LogP contribution in [-0.2, 0) is 6.42 Å². The number of pyridine rings is 1. The van der Waals surface area contributed by atoms with E-state index in [2.05, 4.69) is 46.7 Å². The van der Waals surface area contributed by atoms with Crippen LogP contribution in [0.5, 0.6) is 0 Å². The van der Waals surface area contributed by atoms with Gasteiger partial charge < -0.3 is 5.32 Å². The Kier molecular flexibility index (Phi) is 4.83. The van der Waals surface area contributed by atoms with E-state index in [-0.39, 0.29) is 0 Å². The van der Waals surface area contributed by atoms with Crippen molar-refractivity contribution in [2.45, 2.75) is 12.8 Å². The van der Waals surface area contributed by atoms with Crippen molar-refractivity contribution in [3.8, 4) is 11.4 Å². The van der Waals surface area contributed by atoms with Crippen molar-refractivity contribution in [3.63, 3.8) is 0 Å². The SMILES string of the molecule is c1ccc(CCCNc2nc(-c3cccnc3)nc3ccccc23)cc1. The van der Waals surface area contributed by atoms with Crippen LogP contribution in [0.15, 0.2) is 79.1 Å². The fourth-order valence-electron chi connectivity index (χ4n) is 2.98. The Morgan fingerprint density at radius 3 is 2.50 bits per heavy atom. The third-order valence-corrected chi connectivity index (χ3v) is 4.30. The highest BCUT2D eigenvalue weighted by molar-refractivity contribution is 5.90. The summed E-state index contributed by atoms with van der Waals surface area (Å²) in [4.78, 5) is 13.6. The summed E-state index contributed by atoms with van der Waals surface area (Å²) < 4.78 is 0. The molecule has 0 fully saturated rings. The number of aromatic nitrogens is 3. The van der Waals surface area contributed by atoms with Crippen LogP contribution in [0.25, 0.3) is 22.3 Å². The summed E-state index contributed by atoms with van der Waals surface area (Å²) in [5.41, 5.74) is 3.22. The van der Waals surface area contributed by atoms with Crippen molar-refractivity contribution in [2.24, 2.45) is 0 Å². The molecule has 0 aliphatic heterocycles. The highest BCUT2D eigenvalue weighted by atomic mass is 15.0. The van der Waals surface area contributed by atoms with Crippen LogP contribution < -0.4 is 5.32 Å². The van der Waals surface area contributed by atoms with Crippen LogP contribution in [0.1, 0.15) is 12.0 Å². The van der Waals surface area contributed by atoms with Gasteiger partial charge in [-0.05, 0) is 42.7 Å². The number of nitrogens with zero attached hydrogens (tertiary/aromatic N) is 3. The van der Waals surface area contributed by atoms with Crippen molar-refractivity contribution < 1.29 is 0 Å². The molecule has 0 spiro atoms. The van der Waals surface area contributed by atoms with Crippen LogP contribution in [0.3, 0.4) is 0 Å². The first-order valence-corrected chi connectivity index (χ1v) is 8.85. The van der Waals surface area contributed by atoms with Gasteiger partial charge in [0.05, 0.1) is 5.52 Å². The maximum atomic E-state index is 4.75. The van der Waals surface area contributed by atoms with E-state index >= 15 is 0 Å². The Labute approximate surface area is 153 Å². The van der Waals surface area contributed by atoms with E-state index in [1.165, 1.54) is 5.56 Å². The third-order valence-electron chi connectivity index (χ3n) is 4.30. The molecule has 0 saturated carbocycles. The maximum Gasteiger partial charge on any atom is 0.163 e. The van der Waals surface area contributed by atoms with Gasteiger partial charge in [0.15, 0.2) is 5.82 Å². The van der Waals surface area contributed by atoms with E-state index in [9.17, 15) is 0 Å². The number of hydrogen-bond donors (Lipinski definition) is 1. The van der Waals surface area contributed by atoms with E-state index in [1.54, 1.807) is 12.4 Å². The highest BCUT2D eigenvalue weighted by Gasteiger charge is 2.09. The zero-order chi connectivity index (χ0) is 17.6. The average molecular weight is 340 g/mol. The smallest absolute Gasteiger partial charge is 0.163 e. The van der Waals surface area contributed by atoms with Crippen molar-refractivity contribution in [2.75, 3.05) is 11.9 Å². The monoisotopic (exact) mass is 340 g/mol. The van der Waals surface area contributed by atoms with Gasteiger partial charge in [-0.1, -0.05) is 42.5 Å². The van der Waals surface area contributed by atoms with Gasteiger partial charge in [-0.3, -0.25) is 4.98 Å². The summed E-state index contributed by atoms with van der Waals surface area (Å²) in [6.45, 7) is 0.863. The van der Waals surface area contributed by atoms with Gasteiger partial charge in [0.1, 0.15) is 5.82 Å². The third kappa shape index (κ3) is 3.70. The van der Waals surface area contributed by atoms with Gasteiger partial charge in [0.2, 0.25) is 0 Å². The summed E-state index contributed by atoms with van der Waals surface area (Å²) in [7, 11) is 0. The topological polar surface area (TPSA) is 50.7 Å². The van der Waals surface area contributed by atoms with E-state index in [4.69, 9.17) is 9.97 Å². The summed E-state index contributed by atoms with van der Waals surface area (Å²) in [6.07, 6.45) is 5.65. The first-order valence-electron chi connectivity index (χ1n) is 8.85. The second-order valence-electron chi connectivity index (χ2n) is 6.17. The number of rotatable bonds is 6. The van der Waals surface area contributed by atoms with Crippen LogP contribution in [-0.4, -0.2) is 21.5 Å². The predicted octanol–water partition coefficient (Wildman–Crippen LogP) is 4.74. The minimum Gasteiger partial charge on any atom is -0.369 e. The highest BCUT2D eigenvalue weighted by Crippen LogP contribution is 2.24. The molecule has 0 aliphatic carbocycles. The lowest BCUT2D eigenvalue weighted by molar-refractivity contribution is 0.860. The molecule has 0 bridgehead atoms. The van der Waals surface area contributed by atoms with Gasteiger partial charge in [-0.25, -0.2) is 9.97 Å². The normalized spacial score (nSPS) is 10.8. The largest absolute Gasteiger partial charge is 0.369 e. The molecular weight excluding hydrogens is 320 g/mol. The number of nitrogens with one attached hydrogen (secondary N) is 1. The van der Waals surface area contributed by atoms with Gasteiger partial charge >= 0.3 is 0 Å². The second-order valence-corrected chi connectivity index (χ2v) is 6.17. The molecule has 0 saturated heterocycles. The molecule has 0 unspecified atom stereocenters. The summed E-state index contributed by atoms with van der Waals surface area (Å²) in [5, 5.41) is 4.54. The van der Waals surface area contributed by atoms with Gasteiger partial charge in [-0.2, -0.15) is 0 Å². The summed E-state index contributed by atoms with van der Waals surface area (Å²) >= 11 is 0. The molecule has 4 aromatic rings. The molecule has 2 heterocycles. The lowest BCUT2D eigenvalue weighted by Gasteiger charge is -2.11. The molecule has 0 aliphatic rings. The molecule has 0 radical (unpaired) electrons. The predicted molar refractivity (Wildman–Crippen MR) is 106 cm³/mol. The molecule has 4 rings (SSSR count). The first kappa shape index (κ1) is 16.2. The molecule has 4 nitrogen and oxygen atoms in total. The molecule has 0 amide bonds. The standard InChI is InChI=1S/C22H20N4/c1-2-8-17(9-3-1)10-6-15-24-22-19-12-4-5-13-20(19)25-21(26-22)18-11-7-14-23-16-18/h1-5,7-9,11-14,16H,6,10,15H2,(H,24,25,26). The molecule has 128 valence electrons. The fourth-order valence-corrected chi connectivity index (χ4v) is 2.98. The molecular formula is C22H20N4. The molecule has 4 heteroatoms. The van der Waals surface area contributed by atoms with Crippen molar-refractivity contribution in [3.05, 3.63) is 84.7 Å². The Balaban J connectivity index is 1.55. The van der Waals surface area contributed by atoms with E-state index in [0.717, 1.165) is 41.7 Å². The fraction of sp³-hybridized carbons (Fsp3) is 0.136.